The Morgan fingerprint density at radius 2 is 1.85 bits per heavy atom. The van der Waals surface area contributed by atoms with Crippen molar-refractivity contribution in [2.75, 3.05) is 26.0 Å². The first kappa shape index (κ1) is 20.5. The Kier molecular flexibility index (Phi) is 6.74. The molecule has 150 valence electrons. The molecule has 1 saturated heterocycles. The van der Waals surface area contributed by atoms with Crippen molar-refractivity contribution in [2.24, 2.45) is 5.92 Å². The largest absolute Gasteiger partial charge is 0.395 e. The number of aliphatic hydroxyl groups excluding tert-OH is 1. The van der Waals surface area contributed by atoms with E-state index in [1.807, 2.05) is 13.0 Å². The van der Waals surface area contributed by atoms with E-state index in [9.17, 15) is 13.5 Å². The Hall–Kier alpha value is -1.21. The minimum absolute atomic E-state index is 0.0597. The van der Waals surface area contributed by atoms with Gasteiger partial charge in [-0.3, -0.25) is 4.90 Å². The SMILES string of the molecule is C/C=C/c1ccc([C@H]2[C@@H](CNS(C)(=O)=O)N(CC3CCCC3)[C@H]2CO)cc1. The van der Waals surface area contributed by atoms with E-state index in [0.29, 0.717) is 12.5 Å². The van der Waals surface area contributed by atoms with Crippen LogP contribution in [0.3, 0.4) is 0 Å². The topological polar surface area (TPSA) is 69.6 Å². The lowest BCUT2D eigenvalue weighted by atomic mass is 9.74. The summed E-state index contributed by atoms with van der Waals surface area (Å²) in [6.07, 6.45) is 10.3. The van der Waals surface area contributed by atoms with Gasteiger partial charge >= 0.3 is 0 Å². The molecule has 1 heterocycles. The first-order valence-corrected chi connectivity index (χ1v) is 11.9. The molecule has 0 aromatic heterocycles. The molecule has 2 N–H and O–H groups in total. The molecule has 6 heteroatoms. The van der Waals surface area contributed by atoms with Crippen LogP contribution in [0.5, 0.6) is 0 Å². The van der Waals surface area contributed by atoms with Gasteiger partial charge in [0, 0.05) is 31.1 Å². The fourth-order valence-electron chi connectivity index (χ4n) is 4.74. The molecule has 0 spiro atoms. The van der Waals surface area contributed by atoms with Crippen LogP contribution in [0, 0.1) is 5.92 Å². The number of allylic oxidation sites excluding steroid dienone is 1. The van der Waals surface area contributed by atoms with E-state index in [1.165, 1.54) is 37.5 Å². The summed E-state index contributed by atoms with van der Waals surface area (Å²) in [6.45, 7) is 3.44. The first-order valence-electron chi connectivity index (χ1n) is 9.97. The summed E-state index contributed by atoms with van der Waals surface area (Å²) in [7, 11) is -3.24. The average molecular weight is 393 g/mol. The standard InChI is InChI=1S/C21H32N2O3S/c1-3-6-16-9-11-18(12-10-16)21-19(13-22-27(2,25)26)23(20(21)15-24)14-17-7-4-5-8-17/h3,6,9-12,17,19-22,24H,4-5,7-8,13-15H2,1-2H3/b6-3+/t19-,20+,21+/m1/s1. The molecule has 1 aliphatic heterocycles. The van der Waals surface area contributed by atoms with Crippen molar-refractivity contribution < 1.29 is 13.5 Å². The molecule has 0 bridgehead atoms. The minimum Gasteiger partial charge on any atom is -0.395 e. The summed E-state index contributed by atoms with van der Waals surface area (Å²) in [5.41, 5.74) is 2.32. The average Bonchev–Trinajstić information content (AvgIpc) is 3.12. The lowest BCUT2D eigenvalue weighted by Gasteiger charge is -2.56. The van der Waals surface area contributed by atoms with E-state index in [1.54, 1.807) is 0 Å². The van der Waals surface area contributed by atoms with Crippen molar-refractivity contribution in [3.63, 3.8) is 0 Å². The number of likely N-dealkylation sites (tertiary alicyclic amines) is 1. The van der Waals surface area contributed by atoms with Crippen LogP contribution in [-0.2, 0) is 10.0 Å². The molecule has 5 nitrogen and oxygen atoms in total. The van der Waals surface area contributed by atoms with Gasteiger partial charge in [0.05, 0.1) is 12.9 Å². The van der Waals surface area contributed by atoms with E-state index in [-0.39, 0.29) is 24.6 Å². The second-order valence-electron chi connectivity index (χ2n) is 7.98. The number of hydrogen-bond acceptors (Lipinski definition) is 4. The van der Waals surface area contributed by atoms with Gasteiger partial charge in [0.15, 0.2) is 0 Å². The van der Waals surface area contributed by atoms with Gasteiger partial charge in [-0.2, -0.15) is 0 Å². The second-order valence-corrected chi connectivity index (χ2v) is 9.81. The lowest BCUT2D eigenvalue weighted by Crippen LogP contribution is -2.67. The van der Waals surface area contributed by atoms with Crippen LogP contribution in [0.25, 0.3) is 6.08 Å². The number of nitrogens with zero attached hydrogens (tertiary/aromatic N) is 1. The molecule has 27 heavy (non-hydrogen) atoms. The van der Waals surface area contributed by atoms with Gasteiger partial charge in [-0.15, -0.1) is 0 Å². The Morgan fingerprint density at radius 3 is 2.41 bits per heavy atom. The van der Waals surface area contributed by atoms with Crippen molar-refractivity contribution in [2.45, 2.75) is 50.6 Å². The van der Waals surface area contributed by atoms with E-state index in [0.717, 1.165) is 12.1 Å². The van der Waals surface area contributed by atoms with E-state index in [4.69, 9.17) is 0 Å². The maximum Gasteiger partial charge on any atom is 0.208 e. The number of rotatable bonds is 8. The third-order valence-corrected chi connectivity index (χ3v) is 6.74. The quantitative estimate of drug-likeness (QED) is 0.713. The molecular formula is C21H32N2O3S. The van der Waals surface area contributed by atoms with Gasteiger partial charge in [-0.05, 0) is 36.8 Å². The van der Waals surface area contributed by atoms with Gasteiger partial charge in [0.25, 0.3) is 0 Å². The van der Waals surface area contributed by atoms with Gasteiger partial charge < -0.3 is 5.11 Å². The summed E-state index contributed by atoms with van der Waals surface area (Å²) in [6, 6.07) is 8.55. The van der Waals surface area contributed by atoms with Gasteiger partial charge in [-0.25, -0.2) is 13.1 Å². The Bertz CT molecular complexity index is 739. The highest BCUT2D eigenvalue weighted by Gasteiger charge is 2.49. The minimum atomic E-state index is -3.24. The third-order valence-electron chi connectivity index (χ3n) is 6.05. The molecule has 3 rings (SSSR count). The van der Waals surface area contributed by atoms with E-state index < -0.39 is 10.0 Å². The molecule has 2 fully saturated rings. The summed E-state index contributed by atoms with van der Waals surface area (Å²) >= 11 is 0. The van der Waals surface area contributed by atoms with Crippen LogP contribution in [0.15, 0.2) is 30.3 Å². The lowest BCUT2D eigenvalue weighted by molar-refractivity contribution is -0.0494. The Morgan fingerprint density at radius 1 is 1.19 bits per heavy atom. The zero-order valence-corrected chi connectivity index (χ0v) is 17.2. The van der Waals surface area contributed by atoms with Gasteiger partial charge in [-0.1, -0.05) is 49.3 Å². The highest BCUT2D eigenvalue weighted by molar-refractivity contribution is 7.88. The summed E-state index contributed by atoms with van der Waals surface area (Å²) in [5.74, 6) is 0.808. The maximum atomic E-state index is 11.7. The molecule has 3 atom stereocenters. The molecule has 1 aromatic carbocycles. The molecule has 1 aliphatic carbocycles. The predicted molar refractivity (Wildman–Crippen MR) is 110 cm³/mol. The van der Waals surface area contributed by atoms with Crippen LogP contribution in [0.2, 0.25) is 0 Å². The van der Waals surface area contributed by atoms with Gasteiger partial charge in [0.1, 0.15) is 0 Å². The molecule has 1 aromatic rings. The number of sulfonamides is 1. The fourth-order valence-corrected chi connectivity index (χ4v) is 5.21. The Labute approximate surface area is 163 Å². The zero-order valence-electron chi connectivity index (χ0n) is 16.3. The normalized spacial score (nSPS) is 27.3. The number of aliphatic hydroxyl groups is 1. The second kappa shape index (κ2) is 8.86. The molecule has 0 unspecified atom stereocenters. The smallest absolute Gasteiger partial charge is 0.208 e. The summed E-state index contributed by atoms with van der Waals surface area (Å²) < 4.78 is 26.0. The van der Waals surface area contributed by atoms with Crippen LogP contribution in [-0.4, -0.2) is 56.5 Å². The van der Waals surface area contributed by atoms with Crippen molar-refractivity contribution in [1.82, 2.24) is 9.62 Å². The van der Waals surface area contributed by atoms with Crippen LogP contribution in [0.4, 0.5) is 0 Å². The molecular weight excluding hydrogens is 360 g/mol. The fraction of sp³-hybridized carbons (Fsp3) is 0.619. The Balaban J connectivity index is 1.79. The van der Waals surface area contributed by atoms with E-state index in [2.05, 4.69) is 40.0 Å². The highest BCUT2D eigenvalue weighted by atomic mass is 32.2. The molecule has 2 aliphatic rings. The number of hydrogen-bond donors (Lipinski definition) is 2. The maximum absolute atomic E-state index is 11.7. The van der Waals surface area contributed by atoms with Gasteiger partial charge in [0.2, 0.25) is 10.0 Å². The predicted octanol–water partition coefficient (Wildman–Crippen LogP) is 2.59. The summed E-state index contributed by atoms with van der Waals surface area (Å²) in [5, 5.41) is 10.1. The number of nitrogens with one attached hydrogen (secondary N) is 1. The van der Waals surface area contributed by atoms with Crippen molar-refractivity contribution in [1.29, 1.82) is 0 Å². The van der Waals surface area contributed by atoms with Crippen LogP contribution in [0.1, 0.15) is 49.7 Å². The van der Waals surface area contributed by atoms with Crippen LogP contribution < -0.4 is 4.72 Å². The van der Waals surface area contributed by atoms with Crippen molar-refractivity contribution >= 4 is 16.1 Å². The molecule has 0 amide bonds. The monoisotopic (exact) mass is 392 g/mol. The summed E-state index contributed by atoms with van der Waals surface area (Å²) in [4.78, 5) is 2.33. The molecule has 1 saturated carbocycles. The zero-order chi connectivity index (χ0) is 19.4. The first-order chi connectivity index (χ1) is 12.9. The third kappa shape index (κ3) is 4.99. The van der Waals surface area contributed by atoms with Crippen molar-refractivity contribution in [3.8, 4) is 0 Å². The highest BCUT2D eigenvalue weighted by Crippen LogP contribution is 2.42. The number of benzene rings is 1. The van der Waals surface area contributed by atoms with Crippen molar-refractivity contribution in [3.05, 3.63) is 41.5 Å². The van der Waals surface area contributed by atoms with E-state index >= 15 is 0 Å². The van der Waals surface area contributed by atoms with Crippen LogP contribution >= 0.6 is 0 Å². The molecule has 0 radical (unpaired) electrons.